The summed E-state index contributed by atoms with van der Waals surface area (Å²) in [5.41, 5.74) is 3.44. The molecule has 0 saturated carbocycles. The van der Waals surface area contributed by atoms with Gasteiger partial charge in [-0.25, -0.2) is 9.18 Å². The lowest BCUT2D eigenvalue weighted by Gasteiger charge is -2.39. The Morgan fingerprint density at radius 1 is 1.23 bits per heavy atom. The van der Waals surface area contributed by atoms with Crippen molar-refractivity contribution < 1.29 is 18.7 Å². The molecule has 0 radical (unpaired) electrons. The molecular formula is C27H32FN3O3S. The molecule has 0 bridgehead atoms. The lowest BCUT2D eigenvalue weighted by Crippen LogP contribution is -2.46. The monoisotopic (exact) mass is 497 g/mol. The Labute approximate surface area is 210 Å². The van der Waals surface area contributed by atoms with Crippen LogP contribution >= 0.6 is 11.8 Å². The normalized spacial score (nSPS) is 21.1. The standard InChI is InChI=1S/C27H32FN3O3S/c1-2-34-27(33)29-22-16-18(28)9-10-20(22)24(32)7-4-12-30-14-11-23-21(17-30)19-6-3-8-25-26(19)31(23)13-5-15-35-25/h3,6,8-10,16,21,23H,2,4-5,7,11-15,17H2,1H3,(H,29,33)/t21-,23-/m1/s1. The number of ether oxygens (including phenoxy) is 1. The molecule has 5 rings (SSSR count). The minimum Gasteiger partial charge on any atom is -0.450 e. The highest BCUT2D eigenvalue weighted by Crippen LogP contribution is 2.50. The summed E-state index contributed by atoms with van der Waals surface area (Å²) in [6, 6.07) is 11.2. The van der Waals surface area contributed by atoms with Crippen molar-refractivity contribution in [2.75, 3.05) is 48.8 Å². The topological polar surface area (TPSA) is 61.9 Å². The number of benzene rings is 2. The van der Waals surface area contributed by atoms with Gasteiger partial charge in [0, 0.05) is 48.5 Å². The number of thioether (sulfide) groups is 1. The van der Waals surface area contributed by atoms with E-state index in [1.807, 2.05) is 11.8 Å². The highest BCUT2D eigenvalue weighted by Gasteiger charge is 2.43. The van der Waals surface area contributed by atoms with Crippen LogP contribution < -0.4 is 10.2 Å². The molecule has 1 N–H and O–H groups in total. The number of fused-ring (bicyclic) bond motifs is 3. The molecule has 2 aromatic carbocycles. The Hall–Kier alpha value is -2.58. The minimum absolute atomic E-state index is 0.104. The molecule has 1 fully saturated rings. The van der Waals surface area contributed by atoms with E-state index in [0.29, 0.717) is 23.9 Å². The number of para-hydroxylation sites is 1. The smallest absolute Gasteiger partial charge is 0.411 e. The van der Waals surface area contributed by atoms with Gasteiger partial charge >= 0.3 is 6.09 Å². The van der Waals surface area contributed by atoms with Gasteiger partial charge in [-0.05, 0) is 68.3 Å². The Morgan fingerprint density at radius 3 is 2.97 bits per heavy atom. The predicted molar refractivity (Wildman–Crippen MR) is 137 cm³/mol. The molecule has 3 aliphatic heterocycles. The lowest BCUT2D eigenvalue weighted by atomic mass is 9.89. The number of piperidine rings is 1. The third-order valence-corrected chi connectivity index (χ3v) is 8.38. The Balaban J connectivity index is 1.20. The van der Waals surface area contributed by atoms with Crippen molar-refractivity contribution >= 4 is 35.0 Å². The molecule has 0 unspecified atom stereocenters. The van der Waals surface area contributed by atoms with Crippen molar-refractivity contribution in [3.8, 4) is 0 Å². The van der Waals surface area contributed by atoms with Crippen molar-refractivity contribution in [2.45, 2.75) is 49.5 Å². The summed E-state index contributed by atoms with van der Waals surface area (Å²) in [7, 11) is 0. The van der Waals surface area contributed by atoms with E-state index < -0.39 is 11.9 Å². The highest BCUT2D eigenvalue weighted by molar-refractivity contribution is 7.99. The zero-order chi connectivity index (χ0) is 24.4. The van der Waals surface area contributed by atoms with E-state index in [0.717, 1.165) is 39.0 Å². The summed E-state index contributed by atoms with van der Waals surface area (Å²) >= 11 is 1.99. The number of amides is 1. The Kier molecular flexibility index (Phi) is 7.29. The number of anilines is 2. The Bertz CT molecular complexity index is 1110. The summed E-state index contributed by atoms with van der Waals surface area (Å²) < 4.78 is 18.6. The molecule has 0 aliphatic carbocycles. The van der Waals surface area contributed by atoms with Crippen molar-refractivity contribution in [2.24, 2.45) is 0 Å². The molecule has 6 nitrogen and oxygen atoms in total. The number of Topliss-reactive ketones (excluding diaryl/α,β-unsaturated/α-hetero) is 1. The summed E-state index contributed by atoms with van der Waals surface area (Å²) in [6.45, 7) is 5.93. The zero-order valence-corrected chi connectivity index (χ0v) is 20.9. The number of hydrogen-bond donors (Lipinski definition) is 1. The SMILES string of the molecule is CCOC(=O)Nc1cc(F)ccc1C(=O)CCCN1CC[C@@H]2[C@H](C1)c1cccc3c1N2CCCS3. The molecule has 1 amide bonds. The van der Waals surface area contributed by atoms with E-state index in [4.69, 9.17) is 4.74 Å². The average molecular weight is 498 g/mol. The van der Waals surface area contributed by atoms with E-state index in [1.165, 1.54) is 46.5 Å². The molecule has 186 valence electrons. The maximum atomic E-state index is 13.7. The van der Waals surface area contributed by atoms with Crippen LogP contribution in [0, 0.1) is 5.82 Å². The molecular weight excluding hydrogens is 465 g/mol. The molecule has 3 aliphatic rings. The highest BCUT2D eigenvalue weighted by atomic mass is 32.2. The molecule has 35 heavy (non-hydrogen) atoms. The van der Waals surface area contributed by atoms with Gasteiger partial charge in [-0.1, -0.05) is 12.1 Å². The number of halogens is 1. The van der Waals surface area contributed by atoms with Crippen LogP contribution in [0.5, 0.6) is 0 Å². The van der Waals surface area contributed by atoms with Gasteiger partial charge in [-0.15, -0.1) is 11.8 Å². The third-order valence-electron chi connectivity index (χ3n) is 7.25. The first-order valence-electron chi connectivity index (χ1n) is 12.6. The molecule has 1 saturated heterocycles. The zero-order valence-electron chi connectivity index (χ0n) is 20.1. The number of nitrogens with one attached hydrogen (secondary N) is 1. The van der Waals surface area contributed by atoms with Gasteiger partial charge in [0.25, 0.3) is 0 Å². The van der Waals surface area contributed by atoms with Crippen LogP contribution in [0.1, 0.15) is 54.4 Å². The van der Waals surface area contributed by atoms with E-state index in [9.17, 15) is 14.0 Å². The molecule has 3 heterocycles. The van der Waals surface area contributed by atoms with Crippen molar-refractivity contribution in [1.29, 1.82) is 0 Å². The summed E-state index contributed by atoms with van der Waals surface area (Å²) in [6.07, 6.45) is 2.74. The summed E-state index contributed by atoms with van der Waals surface area (Å²) in [4.78, 5) is 31.3. The van der Waals surface area contributed by atoms with Crippen LogP contribution in [0.15, 0.2) is 41.3 Å². The average Bonchev–Trinajstić information content (AvgIpc) is 2.99. The van der Waals surface area contributed by atoms with Crippen molar-refractivity contribution in [3.63, 3.8) is 0 Å². The number of nitrogens with zero attached hydrogens (tertiary/aromatic N) is 2. The van der Waals surface area contributed by atoms with Gasteiger partial charge < -0.3 is 14.5 Å². The number of rotatable bonds is 7. The maximum absolute atomic E-state index is 13.7. The van der Waals surface area contributed by atoms with Crippen LogP contribution in [0.25, 0.3) is 0 Å². The van der Waals surface area contributed by atoms with Gasteiger partial charge in [0.1, 0.15) is 5.82 Å². The van der Waals surface area contributed by atoms with Crippen LogP contribution in [0.3, 0.4) is 0 Å². The summed E-state index contributed by atoms with van der Waals surface area (Å²) in [5.74, 6) is 1.09. The first-order valence-corrected chi connectivity index (χ1v) is 13.5. The van der Waals surface area contributed by atoms with Crippen molar-refractivity contribution in [3.05, 3.63) is 53.3 Å². The number of carbonyl (C=O) groups is 2. The van der Waals surface area contributed by atoms with E-state index >= 15 is 0 Å². The summed E-state index contributed by atoms with van der Waals surface area (Å²) in [5, 5.41) is 2.49. The third kappa shape index (κ3) is 5.05. The first-order chi connectivity index (χ1) is 17.0. The van der Waals surface area contributed by atoms with Crippen molar-refractivity contribution in [1.82, 2.24) is 4.90 Å². The van der Waals surface area contributed by atoms with E-state index in [-0.39, 0.29) is 18.1 Å². The van der Waals surface area contributed by atoms with Crippen LogP contribution in [-0.2, 0) is 4.74 Å². The second kappa shape index (κ2) is 10.6. The van der Waals surface area contributed by atoms with Crippen LogP contribution in [0.4, 0.5) is 20.6 Å². The fourth-order valence-corrected chi connectivity index (χ4v) is 6.79. The number of likely N-dealkylation sites (tertiary alicyclic amines) is 1. The molecule has 2 atom stereocenters. The van der Waals surface area contributed by atoms with Crippen LogP contribution in [-0.4, -0.2) is 61.4 Å². The fraction of sp³-hybridized carbons (Fsp3) is 0.481. The van der Waals surface area contributed by atoms with Gasteiger partial charge in [0.2, 0.25) is 0 Å². The second-order valence-corrected chi connectivity index (χ2v) is 10.6. The van der Waals surface area contributed by atoms with E-state index in [1.54, 1.807) is 6.92 Å². The predicted octanol–water partition coefficient (Wildman–Crippen LogP) is 5.53. The molecule has 2 aromatic rings. The van der Waals surface area contributed by atoms with Gasteiger partial charge in [-0.2, -0.15) is 0 Å². The number of hydrogen-bond acceptors (Lipinski definition) is 6. The Morgan fingerprint density at radius 2 is 2.11 bits per heavy atom. The van der Waals surface area contributed by atoms with Gasteiger partial charge in [0.15, 0.2) is 5.78 Å². The minimum atomic E-state index is -0.692. The van der Waals surface area contributed by atoms with Gasteiger partial charge in [-0.3, -0.25) is 10.1 Å². The first kappa shape index (κ1) is 24.1. The maximum Gasteiger partial charge on any atom is 0.411 e. The quantitative estimate of drug-likeness (QED) is 0.508. The molecule has 0 aromatic heterocycles. The second-order valence-electron chi connectivity index (χ2n) is 9.41. The van der Waals surface area contributed by atoms with Gasteiger partial charge in [0.05, 0.1) is 18.0 Å². The number of carbonyl (C=O) groups excluding carboxylic acids is 2. The largest absolute Gasteiger partial charge is 0.450 e. The lowest BCUT2D eigenvalue weighted by molar-refractivity contribution is 0.0972. The molecule has 0 spiro atoms. The van der Waals surface area contributed by atoms with Crippen LogP contribution in [0.2, 0.25) is 0 Å². The number of ketones is 1. The molecule has 8 heteroatoms. The fourth-order valence-electron chi connectivity index (χ4n) is 5.75. The van der Waals surface area contributed by atoms with E-state index in [2.05, 4.69) is 33.3 Å².